The Morgan fingerprint density at radius 1 is 0.900 bits per heavy atom. The van der Waals surface area contributed by atoms with Crippen LogP contribution < -0.4 is 10.0 Å². The molecule has 0 radical (unpaired) electrons. The number of anilines is 2. The minimum atomic E-state index is -3.73. The highest BCUT2D eigenvalue weighted by Gasteiger charge is 2.53. The molecule has 0 aromatic heterocycles. The Bertz CT molecular complexity index is 1110. The largest absolute Gasteiger partial charge is 0.481 e. The summed E-state index contributed by atoms with van der Waals surface area (Å²) >= 11 is 0. The van der Waals surface area contributed by atoms with Gasteiger partial charge in [-0.25, -0.2) is 8.42 Å². The average molecular weight is 428 g/mol. The van der Waals surface area contributed by atoms with Crippen LogP contribution in [-0.4, -0.2) is 37.6 Å². The second-order valence-corrected chi connectivity index (χ2v) is 9.01. The molecule has 8 nitrogen and oxygen atoms in total. The number of carboxylic acids is 1. The van der Waals surface area contributed by atoms with Crippen molar-refractivity contribution in [2.24, 2.45) is 11.8 Å². The van der Waals surface area contributed by atoms with Gasteiger partial charge in [0, 0.05) is 11.4 Å². The zero-order chi connectivity index (χ0) is 21.5. The van der Waals surface area contributed by atoms with Crippen LogP contribution in [0.25, 0.3) is 0 Å². The van der Waals surface area contributed by atoms with E-state index < -0.39 is 45.9 Å². The molecule has 2 aliphatic rings. The zero-order valence-electron chi connectivity index (χ0n) is 16.0. The van der Waals surface area contributed by atoms with Crippen LogP contribution in [-0.2, 0) is 24.3 Å². The standard InChI is InChI=1S/C21H20N2O6S/c1-12-2-8-15(9-3-12)30(27,28)23-14-6-4-13(5-7-14)22-20(24)18-16-10-11-17(29-16)19(18)21(25)26/h2-11,16-19,23H,1H3,(H,22,24)(H,25,26)/t16-,17-,18+,19-/m1/s1. The third-order valence-corrected chi connectivity index (χ3v) is 6.62. The number of aryl methyl sites for hydroxylation is 1. The van der Waals surface area contributed by atoms with Gasteiger partial charge in [0.2, 0.25) is 5.91 Å². The lowest BCUT2D eigenvalue weighted by molar-refractivity contribution is -0.145. The van der Waals surface area contributed by atoms with Crippen molar-refractivity contribution in [1.29, 1.82) is 0 Å². The second kappa shape index (κ2) is 7.58. The van der Waals surface area contributed by atoms with Crippen molar-refractivity contribution in [1.82, 2.24) is 0 Å². The van der Waals surface area contributed by atoms with Crippen molar-refractivity contribution in [3.05, 3.63) is 66.2 Å². The molecule has 30 heavy (non-hydrogen) atoms. The number of rotatable bonds is 6. The number of benzene rings is 2. The van der Waals surface area contributed by atoms with E-state index in [9.17, 15) is 23.1 Å². The molecule has 4 atom stereocenters. The first-order valence-electron chi connectivity index (χ1n) is 9.31. The average Bonchev–Trinajstić information content (AvgIpc) is 3.31. The predicted octanol–water partition coefficient (Wildman–Crippen LogP) is 2.39. The van der Waals surface area contributed by atoms with E-state index in [1.54, 1.807) is 36.4 Å². The predicted molar refractivity (Wildman–Crippen MR) is 109 cm³/mol. The molecule has 1 fully saturated rings. The van der Waals surface area contributed by atoms with Gasteiger partial charge < -0.3 is 15.2 Å². The maximum Gasteiger partial charge on any atom is 0.310 e. The summed E-state index contributed by atoms with van der Waals surface area (Å²) in [5, 5.41) is 12.1. The maximum atomic E-state index is 12.6. The van der Waals surface area contributed by atoms with Crippen LogP contribution in [0.4, 0.5) is 11.4 Å². The molecule has 0 spiro atoms. The molecule has 2 bridgehead atoms. The number of carbonyl (C=O) groups excluding carboxylic acids is 1. The number of carboxylic acid groups (broad SMARTS) is 1. The lowest BCUT2D eigenvalue weighted by Gasteiger charge is -2.21. The van der Waals surface area contributed by atoms with Gasteiger partial charge in [0.05, 0.1) is 23.0 Å². The highest BCUT2D eigenvalue weighted by atomic mass is 32.2. The van der Waals surface area contributed by atoms with Crippen LogP contribution in [0, 0.1) is 18.8 Å². The van der Waals surface area contributed by atoms with Gasteiger partial charge in [-0.2, -0.15) is 0 Å². The van der Waals surface area contributed by atoms with Gasteiger partial charge in [-0.15, -0.1) is 0 Å². The first kappa shape index (κ1) is 20.1. The van der Waals surface area contributed by atoms with E-state index in [4.69, 9.17) is 4.74 Å². The molecule has 156 valence electrons. The Morgan fingerprint density at radius 3 is 2.07 bits per heavy atom. The molecular weight excluding hydrogens is 408 g/mol. The third kappa shape index (κ3) is 3.81. The SMILES string of the molecule is Cc1ccc(S(=O)(=O)Nc2ccc(NC(=O)[C@@H]3[C@H](C(=O)O)[C@H]4C=C[C@H]3O4)cc2)cc1. The van der Waals surface area contributed by atoms with E-state index in [1.165, 1.54) is 24.3 Å². The molecular formula is C21H20N2O6S. The van der Waals surface area contributed by atoms with Crippen molar-refractivity contribution in [2.45, 2.75) is 24.0 Å². The molecule has 0 aliphatic carbocycles. The Labute approximate surface area is 173 Å². The number of ether oxygens (including phenoxy) is 1. The van der Waals surface area contributed by atoms with Gasteiger partial charge in [-0.1, -0.05) is 29.8 Å². The lowest BCUT2D eigenvalue weighted by atomic mass is 9.82. The first-order chi connectivity index (χ1) is 14.2. The Hall–Kier alpha value is -3.17. The summed E-state index contributed by atoms with van der Waals surface area (Å²) in [7, 11) is -3.73. The quantitative estimate of drug-likeness (QED) is 0.608. The van der Waals surface area contributed by atoms with Crippen molar-refractivity contribution in [2.75, 3.05) is 10.0 Å². The second-order valence-electron chi connectivity index (χ2n) is 7.33. The molecule has 0 saturated carbocycles. The van der Waals surface area contributed by atoms with E-state index in [-0.39, 0.29) is 4.90 Å². The smallest absolute Gasteiger partial charge is 0.310 e. The van der Waals surface area contributed by atoms with Gasteiger partial charge >= 0.3 is 5.97 Å². The minimum Gasteiger partial charge on any atom is -0.481 e. The van der Waals surface area contributed by atoms with Crippen molar-refractivity contribution < 1.29 is 27.9 Å². The van der Waals surface area contributed by atoms with Crippen LogP contribution >= 0.6 is 0 Å². The van der Waals surface area contributed by atoms with Gasteiger partial charge in [-0.3, -0.25) is 14.3 Å². The maximum absolute atomic E-state index is 12.6. The first-order valence-corrected chi connectivity index (χ1v) is 10.8. The number of fused-ring (bicyclic) bond motifs is 2. The number of hydrogen-bond acceptors (Lipinski definition) is 5. The van der Waals surface area contributed by atoms with E-state index in [0.29, 0.717) is 11.4 Å². The van der Waals surface area contributed by atoms with Crippen LogP contribution in [0.1, 0.15) is 5.56 Å². The summed E-state index contributed by atoms with van der Waals surface area (Å²) in [6.07, 6.45) is 2.22. The summed E-state index contributed by atoms with van der Waals surface area (Å²) in [5.41, 5.74) is 1.72. The molecule has 9 heteroatoms. The van der Waals surface area contributed by atoms with Crippen molar-refractivity contribution in [3.8, 4) is 0 Å². The molecule has 2 heterocycles. The summed E-state index contributed by atoms with van der Waals surface area (Å²) in [6, 6.07) is 12.6. The Kier molecular flexibility index (Phi) is 5.08. The molecule has 0 unspecified atom stereocenters. The molecule has 2 aliphatic heterocycles. The fourth-order valence-corrected chi connectivity index (χ4v) is 4.75. The summed E-state index contributed by atoms with van der Waals surface area (Å²) in [6.45, 7) is 1.87. The van der Waals surface area contributed by atoms with Gasteiger partial charge in [0.15, 0.2) is 0 Å². The Balaban J connectivity index is 1.44. The summed E-state index contributed by atoms with van der Waals surface area (Å²) < 4.78 is 32.9. The van der Waals surface area contributed by atoms with Crippen LogP contribution in [0.2, 0.25) is 0 Å². The van der Waals surface area contributed by atoms with Crippen LogP contribution in [0.5, 0.6) is 0 Å². The number of nitrogens with one attached hydrogen (secondary N) is 2. The highest BCUT2D eigenvalue weighted by Crippen LogP contribution is 2.39. The molecule has 2 aromatic rings. The minimum absolute atomic E-state index is 0.148. The number of sulfonamides is 1. The number of aliphatic carboxylic acids is 1. The van der Waals surface area contributed by atoms with Crippen molar-refractivity contribution >= 4 is 33.3 Å². The van der Waals surface area contributed by atoms with Gasteiger partial charge in [0.25, 0.3) is 10.0 Å². The Morgan fingerprint density at radius 2 is 1.47 bits per heavy atom. The summed E-state index contributed by atoms with van der Waals surface area (Å²) in [5.74, 6) is -3.28. The van der Waals surface area contributed by atoms with Crippen LogP contribution in [0.15, 0.2) is 65.6 Å². The molecule has 4 rings (SSSR count). The van der Waals surface area contributed by atoms with Crippen LogP contribution in [0.3, 0.4) is 0 Å². The summed E-state index contributed by atoms with van der Waals surface area (Å²) in [4.78, 5) is 24.3. The molecule has 1 saturated heterocycles. The monoisotopic (exact) mass is 428 g/mol. The van der Waals surface area contributed by atoms with Crippen molar-refractivity contribution in [3.63, 3.8) is 0 Å². The topological polar surface area (TPSA) is 122 Å². The van der Waals surface area contributed by atoms with E-state index >= 15 is 0 Å². The van der Waals surface area contributed by atoms with E-state index in [1.807, 2.05) is 6.92 Å². The molecule has 1 amide bonds. The van der Waals surface area contributed by atoms with E-state index in [2.05, 4.69) is 10.0 Å². The molecule has 2 aromatic carbocycles. The lowest BCUT2D eigenvalue weighted by Crippen LogP contribution is -2.39. The van der Waals surface area contributed by atoms with Gasteiger partial charge in [-0.05, 0) is 43.3 Å². The zero-order valence-corrected chi connectivity index (χ0v) is 16.8. The third-order valence-electron chi connectivity index (χ3n) is 5.22. The highest BCUT2D eigenvalue weighted by molar-refractivity contribution is 7.92. The fraction of sp³-hybridized carbons (Fsp3) is 0.238. The number of amides is 1. The number of hydrogen-bond donors (Lipinski definition) is 3. The fourth-order valence-electron chi connectivity index (χ4n) is 3.69. The number of carbonyl (C=O) groups is 2. The van der Waals surface area contributed by atoms with Gasteiger partial charge in [0.1, 0.15) is 5.92 Å². The normalized spacial score (nSPS) is 24.6. The molecule has 3 N–H and O–H groups in total. The van der Waals surface area contributed by atoms with E-state index in [0.717, 1.165) is 5.56 Å².